The molecule has 136 valence electrons. The van der Waals surface area contributed by atoms with Crippen LogP contribution in [0.5, 0.6) is 0 Å². The number of nitrogens with zero attached hydrogens (tertiary/aromatic N) is 2. The second kappa shape index (κ2) is 7.74. The number of carbonyl (C=O) groups is 2. The molecule has 1 aromatic carbocycles. The van der Waals surface area contributed by atoms with E-state index in [2.05, 4.69) is 5.10 Å². The maximum Gasteiger partial charge on any atom is 0.347 e. The largest absolute Gasteiger partial charge is 0.463 e. The van der Waals surface area contributed by atoms with Crippen molar-refractivity contribution < 1.29 is 19.1 Å². The van der Waals surface area contributed by atoms with Gasteiger partial charge in [0.15, 0.2) is 0 Å². The van der Waals surface area contributed by atoms with Gasteiger partial charge in [-0.25, -0.2) is 9.59 Å². The predicted molar refractivity (Wildman–Crippen MR) is 96.7 cm³/mol. The summed E-state index contributed by atoms with van der Waals surface area (Å²) in [5.41, 5.74) is 3.50. The van der Waals surface area contributed by atoms with Crippen molar-refractivity contribution in [3.8, 4) is 0 Å². The molecule has 1 aromatic heterocycles. The highest BCUT2D eigenvalue weighted by Gasteiger charge is 2.29. The van der Waals surface area contributed by atoms with Crippen LogP contribution in [-0.4, -0.2) is 34.4 Å². The van der Waals surface area contributed by atoms with Gasteiger partial charge in [0, 0.05) is 28.8 Å². The summed E-state index contributed by atoms with van der Waals surface area (Å²) >= 11 is 6.21. The van der Waals surface area contributed by atoms with Crippen molar-refractivity contribution in [2.45, 2.75) is 32.9 Å². The Morgan fingerprint density at radius 2 is 2.19 bits per heavy atom. The summed E-state index contributed by atoms with van der Waals surface area (Å²) in [5.74, 6) is -1.07. The average Bonchev–Trinajstić information content (AvgIpc) is 3.12. The van der Waals surface area contributed by atoms with E-state index in [0.29, 0.717) is 18.0 Å². The fraction of sp³-hybridized carbons (Fsp3) is 0.316. The van der Waals surface area contributed by atoms with Crippen LogP contribution in [0.2, 0.25) is 5.02 Å². The van der Waals surface area contributed by atoms with Crippen molar-refractivity contribution in [3.05, 3.63) is 57.9 Å². The summed E-state index contributed by atoms with van der Waals surface area (Å²) < 4.78 is 11.7. The van der Waals surface area contributed by atoms with Gasteiger partial charge < -0.3 is 9.47 Å². The van der Waals surface area contributed by atoms with Gasteiger partial charge in [-0.05, 0) is 31.6 Å². The molecule has 2 heterocycles. The topological polar surface area (TPSA) is 70.4 Å². The first-order chi connectivity index (χ1) is 12.5. The summed E-state index contributed by atoms with van der Waals surface area (Å²) in [7, 11) is 0. The van der Waals surface area contributed by atoms with E-state index >= 15 is 0 Å². The monoisotopic (exact) mass is 374 g/mol. The van der Waals surface area contributed by atoms with Crippen molar-refractivity contribution in [1.82, 2.24) is 9.78 Å². The van der Waals surface area contributed by atoms with E-state index in [4.69, 9.17) is 21.1 Å². The lowest BCUT2D eigenvalue weighted by Crippen LogP contribution is -2.21. The zero-order valence-electron chi connectivity index (χ0n) is 14.6. The van der Waals surface area contributed by atoms with Crippen molar-refractivity contribution >= 4 is 29.6 Å². The van der Waals surface area contributed by atoms with Crippen LogP contribution in [0.1, 0.15) is 28.9 Å². The van der Waals surface area contributed by atoms with E-state index in [9.17, 15) is 9.59 Å². The summed E-state index contributed by atoms with van der Waals surface area (Å²) in [6.07, 6.45) is 2.55. The van der Waals surface area contributed by atoms with Crippen molar-refractivity contribution in [2.75, 3.05) is 6.61 Å². The van der Waals surface area contributed by atoms with Crippen molar-refractivity contribution in [1.29, 1.82) is 0 Å². The third-order valence-corrected chi connectivity index (χ3v) is 4.62. The van der Waals surface area contributed by atoms with Gasteiger partial charge in [-0.15, -0.1) is 0 Å². The van der Waals surface area contributed by atoms with Gasteiger partial charge in [-0.3, -0.25) is 4.68 Å². The molecule has 0 saturated carbocycles. The number of aryl methyl sites for hydroxylation is 1. The molecule has 1 atom stereocenters. The average molecular weight is 375 g/mol. The lowest BCUT2D eigenvalue weighted by molar-refractivity contribution is -0.156. The first-order valence-electron chi connectivity index (χ1n) is 8.28. The van der Waals surface area contributed by atoms with Gasteiger partial charge in [0.1, 0.15) is 0 Å². The fourth-order valence-electron chi connectivity index (χ4n) is 2.81. The Bertz CT molecular complexity index is 872. The molecule has 1 aliphatic heterocycles. The molecular formula is C19H19ClN2O4. The number of halogens is 1. The molecule has 0 aliphatic carbocycles. The van der Waals surface area contributed by atoms with Crippen molar-refractivity contribution in [3.63, 3.8) is 0 Å². The number of esters is 2. The maximum absolute atomic E-state index is 11.9. The number of carbonyl (C=O) groups excluding carboxylic acids is 2. The molecule has 2 aromatic rings. The third kappa shape index (κ3) is 3.96. The first kappa shape index (κ1) is 18.2. The zero-order valence-corrected chi connectivity index (χ0v) is 15.3. The second-order valence-corrected chi connectivity index (χ2v) is 6.46. The highest BCUT2D eigenvalue weighted by Crippen LogP contribution is 2.20. The number of hydrogen-bond acceptors (Lipinski definition) is 5. The second-order valence-electron chi connectivity index (χ2n) is 6.05. The minimum atomic E-state index is -0.808. The number of ether oxygens (including phenoxy) is 2. The highest BCUT2D eigenvalue weighted by molar-refractivity contribution is 6.31. The van der Waals surface area contributed by atoms with Crippen LogP contribution in [0.3, 0.4) is 0 Å². The van der Waals surface area contributed by atoms with E-state index in [1.54, 1.807) is 6.08 Å². The number of hydrogen-bond donors (Lipinski definition) is 0. The van der Waals surface area contributed by atoms with Crippen LogP contribution in [0.4, 0.5) is 0 Å². The molecule has 3 rings (SSSR count). The minimum Gasteiger partial charge on any atom is -0.463 e. The molecule has 1 saturated heterocycles. The molecule has 0 amide bonds. The lowest BCUT2D eigenvalue weighted by Gasteiger charge is -2.07. The lowest BCUT2D eigenvalue weighted by atomic mass is 10.1. The zero-order chi connectivity index (χ0) is 18.7. The Morgan fingerprint density at radius 1 is 1.42 bits per heavy atom. The normalized spacial score (nSPS) is 16.9. The molecule has 1 aliphatic rings. The van der Waals surface area contributed by atoms with Gasteiger partial charge in [0.2, 0.25) is 6.10 Å². The predicted octanol–water partition coefficient (Wildman–Crippen LogP) is 3.07. The van der Waals surface area contributed by atoms with Crippen LogP contribution in [0.25, 0.3) is 6.08 Å². The molecule has 0 unspecified atom stereocenters. The number of benzene rings is 1. The van der Waals surface area contributed by atoms with Gasteiger partial charge >= 0.3 is 11.9 Å². The molecule has 0 spiro atoms. The van der Waals surface area contributed by atoms with E-state index in [1.807, 2.05) is 42.8 Å². The molecule has 1 fully saturated rings. The Morgan fingerprint density at radius 3 is 2.88 bits per heavy atom. The van der Waals surface area contributed by atoms with Crippen LogP contribution in [0.15, 0.2) is 30.3 Å². The first-order valence-corrected chi connectivity index (χ1v) is 8.66. The van der Waals surface area contributed by atoms with Gasteiger partial charge in [-0.1, -0.05) is 29.8 Å². The summed E-state index contributed by atoms with van der Waals surface area (Å²) in [6.45, 7) is 4.62. The standard InChI is InChI=1S/C19H19ClN2O4/c1-12-15(7-8-18(23)26-17-9-10-25-19(17)24)13(2)22(21-12)11-14-5-3-4-6-16(14)20/h3-8,17H,9-11H2,1-2H3/b8-7+/t17-/m1/s1. The molecule has 0 bridgehead atoms. The Hall–Kier alpha value is -2.60. The van der Waals surface area contributed by atoms with Gasteiger partial charge in [0.05, 0.1) is 18.8 Å². The molecule has 0 radical (unpaired) electrons. The Balaban J connectivity index is 1.72. The van der Waals surface area contributed by atoms with E-state index in [-0.39, 0.29) is 6.61 Å². The fourth-order valence-corrected chi connectivity index (χ4v) is 3.00. The molecular weight excluding hydrogens is 356 g/mol. The van der Waals surface area contributed by atoms with Gasteiger partial charge in [0.25, 0.3) is 0 Å². The smallest absolute Gasteiger partial charge is 0.347 e. The summed E-state index contributed by atoms with van der Waals surface area (Å²) in [4.78, 5) is 23.3. The number of aromatic nitrogens is 2. The number of cyclic esters (lactones) is 1. The van der Waals surface area contributed by atoms with Crippen molar-refractivity contribution in [2.24, 2.45) is 0 Å². The van der Waals surface area contributed by atoms with Crippen LogP contribution >= 0.6 is 11.6 Å². The third-order valence-electron chi connectivity index (χ3n) is 4.25. The van der Waals surface area contributed by atoms with E-state index in [1.165, 1.54) is 6.08 Å². The Labute approximate surface area is 156 Å². The maximum atomic E-state index is 11.9. The SMILES string of the molecule is Cc1nn(Cc2ccccc2Cl)c(C)c1/C=C/C(=O)O[C@@H]1CCOC1=O. The molecule has 6 nitrogen and oxygen atoms in total. The van der Waals surface area contributed by atoms with Gasteiger partial charge in [-0.2, -0.15) is 5.10 Å². The summed E-state index contributed by atoms with van der Waals surface area (Å²) in [5, 5.41) is 5.20. The summed E-state index contributed by atoms with van der Waals surface area (Å²) in [6, 6.07) is 7.60. The van der Waals surface area contributed by atoms with Crippen LogP contribution in [0, 0.1) is 13.8 Å². The molecule has 7 heteroatoms. The Kier molecular flexibility index (Phi) is 5.42. The van der Waals surface area contributed by atoms with Crippen LogP contribution < -0.4 is 0 Å². The quantitative estimate of drug-likeness (QED) is 0.594. The molecule has 0 N–H and O–H groups in total. The molecule has 26 heavy (non-hydrogen) atoms. The highest BCUT2D eigenvalue weighted by atomic mass is 35.5. The minimum absolute atomic E-state index is 0.285. The van der Waals surface area contributed by atoms with Crippen LogP contribution in [-0.2, 0) is 25.6 Å². The van der Waals surface area contributed by atoms with E-state index in [0.717, 1.165) is 22.5 Å². The van der Waals surface area contributed by atoms with E-state index < -0.39 is 18.0 Å². The number of rotatable bonds is 5.